The number of ether oxygens (including phenoxy) is 1. The van der Waals surface area contributed by atoms with Crippen LogP contribution in [0, 0.1) is 0 Å². The summed E-state index contributed by atoms with van der Waals surface area (Å²) < 4.78 is 26.7. The van der Waals surface area contributed by atoms with E-state index in [4.69, 9.17) is 15.0 Å². The number of aromatic nitrogens is 6. The minimum atomic E-state index is -4.43. The zero-order valence-corrected chi connectivity index (χ0v) is 15.5. The van der Waals surface area contributed by atoms with Gasteiger partial charge < -0.3 is 30.1 Å². The molecule has 1 fully saturated rings. The lowest BCUT2D eigenvalue weighted by molar-refractivity contribution is -0.670. The van der Waals surface area contributed by atoms with Gasteiger partial charge in [0.05, 0.1) is 20.0 Å². The van der Waals surface area contributed by atoms with E-state index in [1.54, 1.807) is 7.05 Å². The number of nitrogens with zero attached hydrogens (tertiary/aromatic N) is 6. The highest BCUT2D eigenvalue weighted by Gasteiger charge is 2.45. The molecule has 4 rings (SSSR count). The van der Waals surface area contributed by atoms with Gasteiger partial charge in [0.2, 0.25) is 6.33 Å². The first-order valence-electron chi connectivity index (χ1n) is 8.22. The predicted octanol–water partition coefficient (Wildman–Crippen LogP) is -2.31. The monoisotopic (exact) mass is 411 g/mol. The first-order valence-corrected chi connectivity index (χ1v) is 9.72. The SMILES string of the molecule is C[n+]1ccn(P(=O)([O-])OCC2OC(n3cnc4c(N)ncnc43)C(O)C2O)c1. The summed E-state index contributed by atoms with van der Waals surface area (Å²) in [7, 11) is -2.77. The number of nitrogen functional groups attached to an aromatic ring is 1. The molecular weight excluding hydrogens is 393 g/mol. The number of aliphatic hydroxyl groups excluding tert-OH is 2. The molecule has 0 amide bonds. The summed E-state index contributed by atoms with van der Waals surface area (Å²) in [5.74, 6) is 0.156. The van der Waals surface area contributed by atoms with Crippen molar-refractivity contribution < 1.29 is 33.5 Å². The predicted molar refractivity (Wildman–Crippen MR) is 90.2 cm³/mol. The fraction of sp³-hybridized carbons (Fsp3) is 0.429. The Bertz CT molecular complexity index is 1050. The Morgan fingerprint density at radius 1 is 1.39 bits per heavy atom. The fourth-order valence-corrected chi connectivity index (χ4v) is 3.95. The van der Waals surface area contributed by atoms with E-state index in [-0.39, 0.29) is 5.82 Å². The van der Waals surface area contributed by atoms with E-state index in [2.05, 4.69) is 15.0 Å². The molecule has 150 valence electrons. The van der Waals surface area contributed by atoms with E-state index >= 15 is 0 Å². The van der Waals surface area contributed by atoms with Crippen molar-refractivity contribution >= 4 is 24.7 Å². The average Bonchev–Trinajstić information content (AvgIpc) is 3.34. The molecule has 13 nitrogen and oxygen atoms in total. The van der Waals surface area contributed by atoms with Crippen molar-refractivity contribution in [1.29, 1.82) is 0 Å². The molecule has 14 heteroatoms. The van der Waals surface area contributed by atoms with Gasteiger partial charge in [-0.3, -0.25) is 9.13 Å². The third kappa shape index (κ3) is 3.17. The number of fused-ring (bicyclic) bond motifs is 1. The molecule has 4 heterocycles. The summed E-state index contributed by atoms with van der Waals surface area (Å²) in [6, 6.07) is 0. The standard InChI is InChI=1S/C14H18N7O6P/c1-19-2-3-20(7-19)28(24,25)26-4-8-10(22)11(23)14(27-8)21-6-18-9-12(15)16-5-17-13(9)21/h2-3,5-8,10-11,14,22-23H,4H2,1H3,(H2-,15,16,17,24,25). The summed E-state index contributed by atoms with van der Waals surface area (Å²) in [4.78, 5) is 24.2. The maximum atomic E-state index is 12.2. The molecule has 0 bridgehead atoms. The number of anilines is 1. The van der Waals surface area contributed by atoms with Gasteiger partial charge in [-0.25, -0.2) is 19.5 Å². The number of imidazole rings is 2. The Morgan fingerprint density at radius 3 is 2.89 bits per heavy atom. The summed E-state index contributed by atoms with van der Waals surface area (Å²) in [6.07, 6.45) is 1.85. The molecule has 5 unspecified atom stereocenters. The van der Waals surface area contributed by atoms with Gasteiger partial charge in [0.1, 0.15) is 42.5 Å². The zero-order valence-electron chi connectivity index (χ0n) is 14.6. The molecule has 0 saturated carbocycles. The molecule has 0 radical (unpaired) electrons. The van der Waals surface area contributed by atoms with E-state index in [1.807, 2.05) is 0 Å². The largest absolute Gasteiger partial charge is 0.742 e. The second-order valence-corrected chi connectivity index (χ2v) is 8.01. The van der Waals surface area contributed by atoms with Crippen LogP contribution in [-0.2, 0) is 20.9 Å². The van der Waals surface area contributed by atoms with Crippen LogP contribution >= 0.6 is 7.75 Å². The van der Waals surface area contributed by atoms with Gasteiger partial charge in [0.15, 0.2) is 17.7 Å². The molecular formula is C14H18N7O6P. The van der Waals surface area contributed by atoms with Crippen molar-refractivity contribution in [2.24, 2.45) is 7.05 Å². The average molecular weight is 411 g/mol. The molecule has 0 spiro atoms. The number of rotatable bonds is 5. The topological polar surface area (TPSA) is 177 Å². The number of hydrogen-bond acceptors (Lipinski definition) is 10. The quantitative estimate of drug-likeness (QED) is 0.305. The van der Waals surface area contributed by atoms with Crippen molar-refractivity contribution in [1.82, 2.24) is 23.9 Å². The van der Waals surface area contributed by atoms with Crippen LogP contribution in [0.4, 0.5) is 5.82 Å². The highest BCUT2D eigenvalue weighted by Crippen LogP contribution is 2.40. The lowest BCUT2D eigenvalue weighted by Crippen LogP contribution is -2.34. The Morgan fingerprint density at radius 2 is 2.18 bits per heavy atom. The van der Waals surface area contributed by atoms with E-state index in [0.717, 1.165) is 4.34 Å². The minimum Gasteiger partial charge on any atom is -0.742 e. The molecule has 0 aliphatic carbocycles. The smallest absolute Gasteiger partial charge is 0.323 e. The molecule has 1 aliphatic rings. The zero-order chi connectivity index (χ0) is 20.1. The Balaban J connectivity index is 1.51. The van der Waals surface area contributed by atoms with Gasteiger partial charge in [-0.2, -0.15) is 4.34 Å². The molecule has 5 atom stereocenters. The first kappa shape index (κ1) is 18.9. The van der Waals surface area contributed by atoms with E-state index in [0.29, 0.717) is 11.2 Å². The summed E-state index contributed by atoms with van der Waals surface area (Å²) >= 11 is 0. The van der Waals surface area contributed by atoms with Gasteiger partial charge in [0.25, 0.3) is 0 Å². The third-order valence-corrected chi connectivity index (χ3v) is 5.72. The third-order valence-electron chi connectivity index (χ3n) is 4.44. The van der Waals surface area contributed by atoms with E-state index < -0.39 is 38.9 Å². The first-order chi connectivity index (χ1) is 13.3. The van der Waals surface area contributed by atoms with Gasteiger partial charge in [-0.1, -0.05) is 0 Å². The fourth-order valence-electron chi connectivity index (χ4n) is 2.97. The Hall–Kier alpha value is -2.41. The van der Waals surface area contributed by atoms with Crippen molar-refractivity contribution in [2.75, 3.05) is 12.3 Å². The second-order valence-electron chi connectivity index (χ2n) is 6.35. The van der Waals surface area contributed by atoms with Gasteiger partial charge in [-0.05, 0) is 0 Å². The Kier molecular flexibility index (Phi) is 4.65. The van der Waals surface area contributed by atoms with Crippen molar-refractivity contribution in [3.8, 4) is 0 Å². The van der Waals surface area contributed by atoms with Crippen molar-refractivity contribution in [3.63, 3.8) is 0 Å². The van der Waals surface area contributed by atoms with Crippen LogP contribution in [0.15, 0.2) is 31.4 Å². The lowest BCUT2D eigenvalue weighted by Gasteiger charge is -2.21. The van der Waals surface area contributed by atoms with Crippen LogP contribution in [0.2, 0.25) is 0 Å². The van der Waals surface area contributed by atoms with Crippen LogP contribution in [0.1, 0.15) is 6.23 Å². The van der Waals surface area contributed by atoms with Gasteiger partial charge in [0, 0.05) is 0 Å². The highest BCUT2D eigenvalue weighted by atomic mass is 31.2. The number of hydrogen-bond donors (Lipinski definition) is 3. The van der Waals surface area contributed by atoms with Crippen LogP contribution in [0.3, 0.4) is 0 Å². The molecule has 3 aromatic rings. The highest BCUT2D eigenvalue weighted by molar-refractivity contribution is 7.49. The van der Waals surface area contributed by atoms with Gasteiger partial charge in [-0.15, -0.1) is 0 Å². The minimum absolute atomic E-state index is 0.156. The molecule has 28 heavy (non-hydrogen) atoms. The van der Waals surface area contributed by atoms with Crippen LogP contribution in [-0.4, -0.2) is 59.0 Å². The van der Waals surface area contributed by atoms with Crippen LogP contribution in [0.25, 0.3) is 11.2 Å². The molecule has 4 N–H and O–H groups in total. The summed E-state index contributed by atoms with van der Waals surface area (Å²) in [6.45, 7) is -0.485. The van der Waals surface area contributed by atoms with Gasteiger partial charge >= 0.3 is 7.75 Å². The molecule has 1 saturated heterocycles. The lowest BCUT2D eigenvalue weighted by atomic mass is 10.1. The van der Waals surface area contributed by atoms with E-state index in [9.17, 15) is 19.7 Å². The molecule has 0 aromatic carbocycles. The maximum Gasteiger partial charge on any atom is 0.323 e. The molecule has 1 aliphatic heterocycles. The van der Waals surface area contributed by atoms with E-state index in [1.165, 1.54) is 40.5 Å². The number of aryl methyl sites for hydroxylation is 1. The molecule has 3 aromatic heterocycles. The summed E-state index contributed by atoms with van der Waals surface area (Å²) in [5.41, 5.74) is 6.36. The second kappa shape index (κ2) is 6.88. The summed E-state index contributed by atoms with van der Waals surface area (Å²) in [5, 5.41) is 20.6. The maximum absolute atomic E-state index is 12.2. The van der Waals surface area contributed by atoms with Crippen molar-refractivity contribution in [2.45, 2.75) is 24.5 Å². The normalized spacial score (nSPS) is 27.3. The number of aliphatic hydroxyl groups is 2. The van der Waals surface area contributed by atoms with Crippen LogP contribution < -0.4 is 15.2 Å². The Labute approximate surface area is 158 Å². The van der Waals surface area contributed by atoms with Crippen LogP contribution in [0.5, 0.6) is 0 Å². The number of nitrogens with two attached hydrogens (primary N) is 1. The van der Waals surface area contributed by atoms with Crippen molar-refractivity contribution in [3.05, 3.63) is 31.4 Å².